The molecule has 1 aromatic carbocycles. The number of benzene rings is 1. The zero-order valence-electron chi connectivity index (χ0n) is 8.80. The lowest BCUT2D eigenvalue weighted by molar-refractivity contribution is 0.0689. The second-order valence-corrected chi connectivity index (χ2v) is 5.13. The van der Waals surface area contributed by atoms with E-state index in [9.17, 15) is 4.79 Å². The highest BCUT2D eigenvalue weighted by Gasteiger charge is 2.09. The lowest BCUT2D eigenvalue weighted by Crippen LogP contribution is -2.01. The van der Waals surface area contributed by atoms with Crippen molar-refractivity contribution in [3.8, 4) is 0 Å². The number of carboxylic acids is 1. The standard InChI is InChI=1S/C11H6Cl2N2O2S/c12-6-1-2-7(13)9(3-6)18-10-5-14-4-8(15-10)11(16)17/h1-5H,(H,16,17). The molecule has 0 saturated carbocycles. The van der Waals surface area contributed by atoms with Gasteiger partial charge in [-0.1, -0.05) is 35.0 Å². The third-order valence-corrected chi connectivity index (χ3v) is 3.58. The highest BCUT2D eigenvalue weighted by molar-refractivity contribution is 7.99. The molecule has 18 heavy (non-hydrogen) atoms. The molecule has 2 aromatic rings. The molecule has 0 radical (unpaired) electrons. The molecule has 0 saturated heterocycles. The summed E-state index contributed by atoms with van der Waals surface area (Å²) in [5.41, 5.74) is -0.113. The summed E-state index contributed by atoms with van der Waals surface area (Å²) in [6.45, 7) is 0. The average Bonchev–Trinajstić information content (AvgIpc) is 2.34. The number of carboxylic acid groups (broad SMARTS) is 1. The number of hydrogen-bond donors (Lipinski definition) is 1. The van der Waals surface area contributed by atoms with E-state index >= 15 is 0 Å². The summed E-state index contributed by atoms with van der Waals surface area (Å²) in [6.07, 6.45) is 2.65. The Bertz CT molecular complexity index is 607. The third-order valence-electron chi connectivity index (χ3n) is 1.94. The van der Waals surface area contributed by atoms with Gasteiger partial charge in [0.2, 0.25) is 0 Å². The zero-order chi connectivity index (χ0) is 13.1. The first-order valence-corrected chi connectivity index (χ1v) is 6.32. The lowest BCUT2D eigenvalue weighted by Gasteiger charge is -2.04. The van der Waals surface area contributed by atoms with Crippen molar-refractivity contribution >= 4 is 40.9 Å². The van der Waals surface area contributed by atoms with Crippen molar-refractivity contribution in [2.45, 2.75) is 9.92 Å². The van der Waals surface area contributed by atoms with Crippen LogP contribution in [0.2, 0.25) is 10.0 Å². The van der Waals surface area contributed by atoms with Crippen molar-refractivity contribution in [1.82, 2.24) is 9.97 Å². The summed E-state index contributed by atoms with van der Waals surface area (Å²) in [7, 11) is 0. The number of aromatic carboxylic acids is 1. The van der Waals surface area contributed by atoms with E-state index in [0.717, 1.165) is 0 Å². The van der Waals surface area contributed by atoms with Crippen LogP contribution in [0.1, 0.15) is 10.5 Å². The topological polar surface area (TPSA) is 63.1 Å². The second-order valence-electron chi connectivity index (χ2n) is 3.22. The second kappa shape index (κ2) is 5.56. The Labute approximate surface area is 117 Å². The molecule has 0 aliphatic carbocycles. The summed E-state index contributed by atoms with van der Waals surface area (Å²) in [5.74, 6) is -1.12. The van der Waals surface area contributed by atoms with Gasteiger partial charge in [0.1, 0.15) is 5.03 Å². The van der Waals surface area contributed by atoms with Gasteiger partial charge in [-0.2, -0.15) is 0 Å². The van der Waals surface area contributed by atoms with Gasteiger partial charge in [0, 0.05) is 9.92 Å². The van der Waals surface area contributed by atoms with Crippen LogP contribution in [0.5, 0.6) is 0 Å². The maximum atomic E-state index is 10.8. The Morgan fingerprint density at radius 3 is 2.78 bits per heavy atom. The van der Waals surface area contributed by atoms with E-state index < -0.39 is 5.97 Å². The van der Waals surface area contributed by atoms with Gasteiger partial charge in [-0.05, 0) is 18.2 Å². The third kappa shape index (κ3) is 3.13. The Hall–Kier alpha value is -1.30. The molecule has 7 heteroatoms. The Morgan fingerprint density at radius 2 is 2.06 bits per heavy atom. The smallest absolute Gasteiger partial charge is 0.356 e. The van der Waals surface area contributed by atoms with Crippen LogP contribution >= 0.6 is 35.0 Å². The van der Waals surface area contributed by atoms with E-state index in [2.05, 4.69) is 9.97 Å². The highest BCUT2D eigenvalue weighted by atomic mass is 35.5. The minimum Gasteiger partial charge on any atom is -0.476 e. The molecule has 0 atom stereocenters. The minimum absolute atomic E-state index is 0.113. The summed E-state index contributed by atoms with van der Waals surface area (Å²) in [4.78, 5) is 19.2. The number of carbonyl (C=O) groups is 1. The van der Waals surface area contributed by atoms with Gasteiger partial charge in [0.05, 0.1) is 17.4 Å². The van der Waals surface area contributed by atoms with Crippen molar-refractivity contribution in [3.05, 3.63) is 46.3 Å². The van der Waals surface area contributed by atoms with Crippen LogP contribution in [-0.4, -0.2) is 21.0 Å². The first kappa shape index (κ1) is 13.1. The predicted molar refractivity (Wildman–Crippen MR) is 69.6 cm³/mol. The number of hydrogen-bond acceptors (Lipinski definition) is 4. The van der Waals surface area contributed by atoms with Crippen molar-refractivity contribution < 1.29 is 9.90 Å². The van der Waals surface area contributed by atoms with Gasteiger partial charge in [-0.15, -0.1) is 0 Å². The Morgan fingerprint density at radius 1 is 1.28 bits per heavy atom. The normalized spacial score (nSPS) is 10.3. The van der Waals surface area contributed by atoms with E-state index in [1.165, 1.54) is 24.2 Å². The van der Waals surface area contributed by atoms with Gasteiger partial charge in [0.25, 0.3) is 0 Å². The summed E-state index contributed by atoms with van der Waals surface area (Å²) < 4.78 is 0. The van der Waals surface area contributed by atoms with E-state index in [1.807, 2.05) is 0 Å². The van der Waals surface area contributed by atoms with Crippen LogP contribution in [0.3, 0.4) is 0 Å². The van der Waals surface area contributed by atoms with Crippen LogP contribution in [0, 0.1) is 0 Å². The van der Waals surface area contributed by atoms with E-state index in [4.69, 9.17) is 28.3 Å². The Balaban J connectivity index is 2.31. The van der Waals surface area contributed by atoms with Gasteiger partial charge in [0.15, 0.2) is 5.69 Å². The number of rotatable bonds is 3. The van der Waals surface area contributed by atoms with E-state index in [1.54, 1.807) is 18.2 Å². The lowest BCUT2D eigenvalue weighted by atomic mass is 10.4. The molecular formula is C11H6Cl2N2O2S. The van der Waals surface area contributed by atoms with Gasteiger partial charge >= 0.3 is 5.97 Å². The largest absolute Gasteiger partial charge is 0.476 e. The molecule has 0 aliphatic heterocycles. The van der Waals surface area contributed by atoms with Crippen LogP contribution in [0.15, 0.2) is 40.5 Å². The fraction of sp³-hybridized carbons (Fsp3) is 0. The molecule has 0 aliphatic rings. The fourth-order valence-electron chi connectivity index (χ4n) is 1.17. The maximum Gasteiger partial charge on any atom is 0.356 e. The molecule has 2 rings (SSSR count). The summed E-state index contributed by atoms with van der Waals surface area (Å²) in [6, 6.07) is 5.03. The molecule has 1 N–H and O–H groups in total. The molecule has 92 valence electrons. The molecule has 1 heterocycles. The van der Waals surface area contributed by atoms with Crippen LogP contribution in [-0.2, 0) is 0 Å². The summed E-state index contributed by atoms with van der Waals surface area (Å²) in [5, 5.41) is 10.3. The molecular weight excluding hydrogens is 295 g/mol. The van der Waals surface area contributed by atoms with Gasteiger partial charge in [-0.25, -0.2) is 9.78 Å². The van der Waals surface area contributed by atoms with Crippen LogP contribution < -0.4 is 0 Å². The highest BCUT2D eigenvalue weighted by Crippen LogP contribution is 2.33. The van der Waals surface area contributed by atoms with Crippen molar-refractivity contribution in [1.29, 1.82) is 0 Å². The van der Waals surface area contributed by atoms with Crippen LogP contribution in [0.4, 0.5) is 0 Å². The monoisotopic (exact) mass is 300 g/mol. The maximum absolute atomic E-state index is 10.8. The van der Waals surface area contributed by atoms with Crippen molar-refractivity contribution in [2.24, 2.45) is 0 Å². The molecule has 0 bridgehead atoms. The first-order chi connectivity index (χ1) is 8.56. The quantitative estimate of drug-likeness (QED) is 0.937. The van der Waals surface area contributed by atoms with E-state index in [-0.39, 0.29) is 5.69 Å². The number of aromatic nitrogens is 2. The molecule has 0 spiro atoms. The zero-order valence-corrected chi connectivity index (χ0v) is 11.1. The molecule has 0 fully saturated rings. The van der Waals surface area contributed by atoms with Crippen molar-refractivity contribution in [2.75, 3.05) is 0 Å². The molecule has 1 aromatic heterocycles. The van der Waals surface area contributed by atoms with Gasteiger partial charge < -0.3 is 5.11 Å². The number of nitrogens with zero attached hydrogens (tertiary/aromatic N) is 2. The molecule has 0 amide bonds. The summed E-state index contributed by atoms with van der Waals surface area (Å²) >= 11 is 13.1. The van der Waals surface area contributed by atoms with Gasteiger partial charge in [-0.3, -0.25) is 4.98 Å². The average molecular weight is 301 g/mol. The first-order valence-electron chi connectivity index (χ1n) is 4.74. The van der Waals surface area contributed by atoms with Crippen LogP contribution in [0.25, 0.3) is 0 Å². The molecule has 4 nitrogen and oxygen atoms in total. The van der Waals surface area contributed by atoms with E-state index in [0.29, 0.717) is 20.0 Å². The SMILES string of the molecule is O=C(O)c1cncc(Sc2cc(Cl)ccc2Cl)n1. The minimum atomic E-state index is -1.12. The molecule has 0 unspecified atom stereocenters. The fourth-order valence-corrected chi connectivity index (χ4v) is 2.47. The van der Waals surface area contributed by atoms with Crippen molar-refractivity contribution in [3.63, 3.8) is 0 Å². The number of halogens is 2. The Kier molecular flexibility index (Phi) is 4.06. The predicted octanol–water partition coefficient (Wildman–Crippen LogP) is 3.63.